The summed E-state index contributed by atoms with van der Waals surface area (Å²) in [4.78, 5) is 12.6. The monoisotopic (exact) mass is 530 g/mol. The summed E-state index contributed by atoms with van der Waals surface area (Å²) >= 11 is 0. The Balaban J connectivity index is 1.62. The van der Waals surface area contributed by atoms with Crippen LogP contribution in [0.15, 0.2) is 97.1 Å². The number of aryl methyl sites for hydroxylation is 1. The van der Waals surface area contributed by atoms with E-state index in [1.807, 2.05) is 19.1 Å². The highest BCUT2D eigenvalue weighted by Gasteiger charge is 2.72. The second-order valence-electron chi connectivity index (χ2n) is 8.64. The van der Waals surface area contributed by atoms with Gasteiger partial charge in [-0.2, -0.15) is 26.3 Å². The SMILES string of the molecule is Cc1ccc(C(=O)c2ccc(Oc3ccc(C(c4ccc(O)cc4)(C(F)(F)F)C(F)(F)F)cc3)cc2)cc1. The Bertz CT molecular complexity index is 1390. The van der Waals surface area contributed by atoms with Gasteiger partial charge in [-0.25, -0.2) is 0 Å². The lowest BCUT2D eigenvalue weighted by Crippen LogP contribution is -2.54. The van der Waals surface area contributed by atoms with Crippen LogP contribution in [0.3, 0.4) is 0 Å². The molecule has 0 saturated heterocycles. The van der Waals surface area contributed by atoms with Crippen LogP contribution in [0, 0.1) is 6.92 Å². The number of ketones is 1. The summed E-state index contributed by atoms with van der Waals surface area (Å²) in [6.45, 7) is 1.90. The molecular weight excluding hydrogens is 510 g/mol. The van der Waals surface area contributed by atoms with Crippen LogP contribution >= 0.6 is 0 Å². The first kappa shape index (κ1) is 26.8. The molecule has 0 amide bonds. The van der Waals surface area contributed by atoms with Crippen molar-refractivity contribution >= 4 is 5.78 Å². The zero-order chi connectivity index (χ0) is 27.7. The van der Waals surface area contributed by atoms with E-state index in [4.69, 9.17) is 4.74 Å². The number of hydrogen-bond donors (Lipinski definition) is 1. The second kappa shape index (κ2) is 9.89. The van der Waals surface area contributed by atoms with Gasteiger partial charge in [0.05, 0.1) is 0 Å². The van der Waals surface area contributed by atoms with E-state index in [-0.39, 0.29) is 17.3 Å². The van der Waals surface area contributed by atoms with E-state index in [1.54, 1.807) is 12.1 Å². The van der Waals surface area contributed by atoms with Gasteiger partial charge in [-0.05, 0) is 66.6 Å². The molecule has 4 rings (SSSR count). The Morgan fingerprint density at radius 1 is 0.605 bits per heavy atom. The summed E-state index contributed by atoms with van der Waals surface area (Å²) in [6, 6.07) is 19.1. The number of rotatable bonds is 6. The van der Waals surface area contributed by atoms with E-state index < -0.39 is 34.6 Å². The van der Waals surface area contributed by atoms with Gasteiger partial charge in [-0.3, -0.25) is 4.79 Å². The quantitative estimate of drug-likeness (QED) is 0.202. The van der Waals surface area contributed by atoms with E-state index in [0.717, 1.165) is 29.8 Å². The summed E-state index contributed by atoms with van der Waals surface area (Å²) < 4.78 is 90.8. The highest BCUT2D eigenvalue weighted by Crippen LogP contribution is 2.56. The maximum Gasteiger partial charge on any atom is 0.411 e. The zero-order valence-electron chi connectivity index (χ0n) is 19.8. The molecule has 0 aliphatic carbocycles. The van der Waals surface area contributed by atoms with E-state index in [1.165, 1.54) is 24.3 Å². The lowest BCUT2D eigenvalue weighted by molar-refractivity contribution is -0.288. The molecule has 0 aromatic heterocycles. The molecule has 4 aromatic rings. The van der Waals surface area contributed by atoms with E-state index in [2.05, 4.69) is 0 Å². The minimum Gasteiger partial charge on any atom is -0.508 e. The molecule has 0 heterocycles. The predicted octanol–water partition coefficient (Wildman–Crippen LogP) is 8.13. The van der Waals surface area contributed by atoms with Crippen molar-refractivity contribution < 1.29 is 41.0 Å². The molecule has 3 nitrogen and oxygen atoms in total. The van der Waals surface area contributed by atoms with E-state index in [9.17, 15) is 36.2 Å². The minimum atomic E-state index is -5.75. The van der Waals surface area contributed by atoms with Crippen molar-refractivity contribution in [3.63, 3.8) is 0 Å². The third-order valence-electron chi connectivity index (χ3n) is 6.10. The number of carbonyl (C=O) groups is 1. The van der Waals surface area contributed by atoms with Crippen molar-refractivity contribution in [2.45, 2.75) is 24.7 Å². The Morgan fingerprint density at radius 2 is 0.974 bits per heavy atom. The fraction of sp³-hybridized carbons (Fsp3) is 0.138. The third-order valence-corrected chi connectivity index (χ3v) is 6.10. The molecule has 0 saturated carbocycles. The Labute approximate surface area is 213 Å². The molecule has 0 atom stereocenters. The number of benzene rings is 4. The van der Waals surface area contributed by atoms with Crippen LogP contribution in [0.4, 0.5) is 26.3 Å². The molecule has 4 aromatic carbocycles. The second-order valence-corrected chi connectivity index (χ2v) is 8.64. The number of halogens is 6. The van der Waals surface area contributed by atoms with Crippen LogP contribution < -0.4 is 4.74 Å². The number of alkyl halides is 6. The van der Waals surface area contributed by atoms with Gasteiger partial charge in [0.1, 0.15) is 17.2 Å². The van der Waals surface area contributed by atoms with Crippen LogP contribution in [-0.2, 0) is 5.41 Å². The smallest absolute Gasteiger partial charge is 0.411 e. The van der Waals surface area contributed by atoms with Gasteiger partial charge in [-0.1, -0.05) is 54.1 Å². The van der Waals surface area contributed by atoms with Crippen molar-refractivity contribution in [2.75, 3.05) is 0 Å². The molecule has 1 N–H and O–H groups in total. The summed E-state index contributed by atoms with van der Waals surface area (Å²) in [6.07, 6.45) is -11.5. The van der Waals surface area contributed by atoms with Crippen molar-refractivity contribution in [3.8, 4) is 17.2 Å². The lowest BCUT2D eigenvalue weighted by atomic mass is 9.73. The first-order chi connectivity index (χ1) is 17.8. The van der Waals surface area contributed by atoms with Crippen molar-refractivity contribution in [2.24, 2.45) is 0 Å². The molecule has 0 aliphatic heterocycles. The molecule has 196 valence electrons. The van der Waals surface area contributed by atoms with E-state index >= 15 is 0 Å². The number of carbonyl (C=O) groups excluding carboxylic acids is 1. The van der Waals surface area contributed by atoms with Crippen molar-refractivity contribution in [1.82, 2.24) is 0 Å². The average molecular weight is 530 g/mol. The Hall–Kier alpha value is -4.27. The number of ether oxygens (including phenoxy) is 1. The van der Waals surface area contributed by atoms with Gasteiger partial charge < -0.3 is 9.84 Å². The van der Waals surface area contributed by atoms with Gasteiger partial charge in [-0.15, -0.1) is 0 Å². The van der Waals surface area contributed by atoms with Gasteiger partial charge in [0.15, 0.2) is 5.78 Å². The van der Waals surface area contributed by atoms with Gasteiger partial charge >= 0.3 is 12.4 Å². The van der Waals surface area contributed by atoms with Crippen molar-refractivity contribution in [3.05, 3.63) is 125 Å². The fourth-order valence-electron chi connectivity index (χ4n) is 4.15. The number of phenols is 1. The van der Waals surface area contributed by atoms with Crippen LogP contribution in [0.1, 0.15) is 32.6 Å². The molecule has 0 unspecified atom stereocenters. The predicted molar refractivity (Wildman–Crippen MR) is 129 cm³/mol. The molecule has 0 radical (unpaired) electrons. The van der Waals surface area contributed by atoms with Gasteiger partial charge in [0, 0.05) is 11.1 Å². The van der Waals surface area contributed by atoms with Crippen LogP contribution in [0.25, 0.3) is 0 Å². The highest BCUT2D eigenvalue weighted by molar-refractivity contribution is 6.09. The third kappa shape index (κ3) is 4.96. The van der Waals surface area contributed by atoms with E-state index in [0.29, 0.717) is 35.4 Å². The van der Waals surface area contributed by atoms with Crippen molar-refractivity contribution in [1.29, 1.82) is 0 Å². The number of hydrogen-bond acceptors (Lipinski definition) is 3. The van der Waals surface area contributed by atoms with Gasteiger partial charge in [0.2, 0.25) is 5.41 Å². The fourth-order valence-corrected chi connectivity index (χ4v) is 4.15. The first-order valence-corrected chi connectivity index (χ1v) is 11.3. The number of phenolic OH excluding ortho intramolecular Hbond substituents is 1. The molecule has 9 heteroatoms. The summed E-state index contributed by atoms with van der Waals surface area (Å²) in [7, 11) is 0. The molecule has 0 bridgehead atoms. The molecule has 0 fully saturated rings. The molecule has 38 heavy (non-hydrogen) atoms. The summed E-state index contributed by atoms with van der Waals surface area (Å²) in [5, 5.41) is 9.39. The van der Waals surface area contributed by atoms with Crippen LogP contribution in [0.2, 0.25) is 0 Å². The van der Waals surface area contributed by atoms with Crippen LogP contribution in [0.5, 0.6) is 17.2 Å². The Kier molecular flexibility index (Phi) is 6.97. The molecular formula is C29H20F6O3. The Morgan fingerprint density at radius 3 is 1.39 bits per heavy atom. The molecule has 0 spiro atoms. The summed E-state index contributed by atoms with van der Waals surface area (Å²) in [5.74, 6) is -0.460. The average Bonchev–Trinajstić information content (AvgIpc) is 2.85. The highest BCUT2D eigenvalue weighted by atomic mass is 19.4. The lowest BCUT2D eigenvalue weighted by Gasteiger charge is -2.38. The largest absolute Gasteiger partial charge is 0.508 e. The summed E-state index contributed by atoms with van der Waals surface area (Å²) in [5.41, 5.74) is -4.60. The normalized spacial score (nSPS) is 12.3. The zero-order valence-corrected chi connectivity index (χ0v) is 19.8. The number of aromatic hydroxyl groups is 1. The topological polar surface area (TPSA) is 46.5 Å². The molecule has 0 aliphatic rings. The van der Waals surface area contributed by atoms with Gasteiger partial charge in [0.25, 0.3) is 0 Å². The van der Waals surface area contributed by atoms with Crippen LogP contribution in [-0.4, -0.2) is 23.2 Å². The standard InChI is InChI=1S/C29H20F6O3/c1-18-2-4-19(5-3-18)26(37)20-6-14-24(15-7-20)38-25-16-10-22(11-17-25)27(28(30,31)32,29(33,34)35)21-8-12-23(36)13-9-21/h2-17,36H,1H3. The maximum atomic E-state index is 14.2. The first-order valence-electron chi connectivity index (χ1n) is 11.3. The minimum absolute atomic E-state index is 0.00434. The maximum absolute atomic E-state index is 14.2.